The van der Waals surface area contributed by atoms with Crippen LogP contribution in [-0.4, -0.2) is 54.1 Å². The molecule has 1 amide bonds. The van der Waals surface area contributed by atoms with Gasteiger partial charge in [-0.1, -0.05) is 37.2 Å². The van der Waals surface area contributed by atoms with Crippen LogP contribution in [-0.2, 0) is 14.6 Å². The molecule has 1 saturated heterocycles. The van der Waals surface area contributed by atoms with Gasteiger partial charge in [0.15, 0.2) is 14.2 Å². The van der Waals surface area contributed by atoms with Gasteiger partial charge in [-0.25, -0.2) is 13.4 Å². The first-order chi connectivity index (χ1) is 12.2. The van der Waals surface area contributed by atoms with Crippen LogP contribution in [0.25, 0.3) is 10.2 Å². The van der Waals surface area contributed by atoms with Crippen LogP contribution in [0.15, 0.2) is 22.5 Å². The van der Waals surface area contributed by atoms with Gasteiger partial charge < -0.3 is 4.90 Å². The average Bonchev–Trinajstić information content (AvgIpc) is 3.12. The number of sulfone groups is 1. The third-order valence-corrected chi connectivity index (χ3v) is 8.33. The zero-order valence-electron chi connectivity index (χ0n) is 14.6. The summed E-state index contributed by atoms with van der Waals surface area (Å²) in [4.78, 5) is 19.1. The molecule has 3 rings (SSSR count). The van der Waals surface area contributed by atoms with Gasteiger partial charge in [0, 0.05) is 17.6 Å². The van der Waals surface area contributed by atoms with Crippen LogP contribution in [0.5, 0.6) is 0 Å². The highest BCUT2D eigenvalue weighted by molar-refractivity contribution is 8.01. The summed E-state index contributed by atoms with van der Waals surface area (Å²) in [5.74, 6) is 0.776. The molecule has 26 heavy (non-hydrogen) atoms. The Kier molecular flexibility index (Phi) is 6.16. The zero-order valence-corrected chi connectivity index (χ0v) is 17.8. The van der Waals surface area contributed by atoms with Gasteiger partial charge in [-0.05, 0) is 30.5 Å². The smallest absolute Gasteiger partial charge is 0.233 e. The largest absolute Gasteiger partial charge is 0.338 e. The Morgan fingerprint density at radius 3 is 2.88 bits per heavy atom. The molecule has 1 aromatic carbocycles. The monoisotopic (exact) mass is 432 g/mol. The first kappa shape index (κ1) is 19.9. The number of rotatable bonds is 6. The highest BCUT2D eigenvalue weighted by Crippen LogP contribution is 2.31. The van der Waals surface area contributed by atoms with Crippen molar-refractivity contribution in [3.63, 3.8) is 0 Å². The van der Waals surface area contributed by atoms with Crippen LogP contribution in [0.3, 0.4) is 0 Å². The normalized spacial score (nSPS) is 19.3. The van der Waals surface area contributed by atoms with E-state index >= 15 is 0 Å². The second kappa shape index (κ2) is 8.04. The van der Waals surface area contributed by atoms with Gasteiger partial charge in [0.1, 0.15) is 0 Å². The Morgan fingerprint density at radius 1 is 1.46 bits per heavy atom. The van der Waals surface area contributed by atoms with Crippen molar-refractivity contribution in [2.45, 2.75) is 30.6 Å². The molecule has 1 aliphatic rings. The van der Waals surface area contributed by atoms with Crippen LogP contribution >= 0.6 is 34.7 Å². The van der Waals surface area contributed by atoms with E-state index < -0.39 is 9.84 Å². The van der Waals surface area contributed by atoms with E-state index in [1.165, 1.54) is 23.1 Å². The van der Waals surface area contributed by atoms with Gasteiger partial charge in [-0.15, -0.1) is 11.3 Å². The molecule has 0 radical (unpaired) electrons. The van der Waals surface area contributed by atoms with Crippen LogP contribution in [0.2, 0.25) is 5.02 Å². The van der Waals surface area contributed by atoms with E-state index in [9.17, 15) is 13.2 Å². The molecule has 0 saturated carbocycles. The fourth-order valence-electron chi connectivity index (χ4n) is 3.02. The van der Waals surface area contributed by atoms with Gasteiger partial charge in [0.2, 0.25) is 5.91 Å². The van der Waals surface area contributed by atoms with E-state index in [4.69, 9.17) is 11.6 Å². The first-order valence-electron chi connectivity index (χ1n) is 8.42. The molecule has 5 nitrogen and oxygen atoms in total. The summed E-state index contributed by atoms with van der Waals surface area (Å²) in [6, 6.07) is 5.36. The second-order valence-electron chi connectivity index (χ2n) is 6.88. The minimum Gasteiger partial charge on any atom is -0.338 e. The first-order valence-corrected chi connectivity index (χ1v) is 12.4. The Morgan fingerprint density at radius 2 is 2.23 bits per heavy atom. The maximum absolute atomic E-state index is 12.8. The lowest BCUT2D eigenvalue weighted by Gasteiger charge is -2.29. The number of hydrogen-bond acceptors (Lipinski definition) is 6. The molecule has 0 unspecified atom stereocenters. The Hall–Kier alpha value is -0.830. The molecular weight excluding hydrogens is 412 g/mol. The van der Waals surface area contributed by atoms with E-state index in [0.29, 0.717) is 18.0 Å². The third-order valence-electron chi connectivity index (χ3n) is 4.18. The number of nitrogens with zero attached hydrogens (tertiary/aromatic N) is 2. The second-order valence-corrected chi connectivity index (χ2v) is 11.8. The molecule has 1 atom stereocenters. The molecule has 0 aliphatic carbocycles. The SMILES string of the molecule is CC(C)CN(C(=O)CSc1nc2cc(Cl)ccc2s1)[C@H]1CCS(=O)(=O)C1. The van der Waals surface area contributed by atoms with Crippen LogP contribution in [0.1, 0.15) is 20.3 Å². The standard InChI is InChI=1S/C17H21ClN2O3S3/c1-11(2)8-20(13-5-6-26(22,23)10-13)16(21)9-24-17-19-14-7-12(18)3-4-15(14)25-17/h3-4,7,11,13H,5-6,8-10H2,1-2H3/t13-/m0/s1. The molecule has 0 bridgehead atoms. The lowest BCUT2D eigenvalue weighted by molar-refractivity contribution is -0.130. The summed E-state index contributed by atoms with van der Waals surface area (Å²) in [5, 5.41) is 0.640. The minimum absolute atomic E-state index is 0.0249. The quantitative estimate of drug-likeness (QED) is 0.651. The van der Waals surface area contributed by atoms with Crippen molar-refractivity contribution in [3.8, 4) is 0 Å². The lowest BCUT2D eigenvalue weighted by Crippen LogP contribution is -2.44. The maximum atomic E-state index is 12.8. The molecule has 1 aliphatic heterocycles. The maximum Gasteiger partial charge on any atom is 0.233 e. The fourth-order valence-corrected chi connectivity index (χ4v) is 6.85. The lowest BCUT2D eigenvalue weighted by atomic mass is 10.1. The third kappa shape index (κ3) is 4.91. The number of carbonyl (C=O) groups excluding carboxylic acids is 1. The predicted octanol–water partition coefficient (Wildman–Crippen LogP) is 3.71. The minimum atomic E-state index is -3.02. The van der Waals surface area contributed by atoms with Crippen molar-refractivity contribution in [2.24, 2.45) is 5.92 Å². The van der Waals surface area contributed by atoms with Crippen LogP contribution in [0.4, 0.5) is 0 Å². The molecule has 0 N–H and O–H groups in total. The molecule has 142 valence electrons. The fraction of sp³-hybridized carbons (Fsp3) is 0.529. The summed E-state index contributed by atoms with van der Waals surface area (Å²) >= 11 is 8.92. The highest BCUT2D eigenvalue weighted by atomic mass is 35.5. The molecule has 9 heteroatoms. The summed E-state index contributed by atoms with van der Waals surface area (Å²) in [7, 11) is -3.02. The van der Waals surface area contributed by atoms with Gasteiger partial charge in [0.25, 0.3) is 0 Å². The van der Waals surface area contributed by atoms with E-state index in [0.717, 1.165) is 14.6 Å². The average molecular weight is 433 g/mol. The zero-order chi connectivity index (χ0) is 18.9. The molecule has 0 spiro atoms. The number of thioether (sulfide) groups is 1. The number of halogens is 1. The Bertz CT molecular complexity index is 911. The number of aromatic nitrogens is 1. The topological polar surface area (TPSA) is 67.3 Å². The Balaban J connectivity index is 1.68. The number of fused-ring (bicyclic) bond motifs is 1. The Labute approximate surface area is 167 Å². The summed E-state index contributed by atoms with van der Waals surface area (Å²) < 4.78 is 25.4. The van der Waals surface area contributed by atoms with Crippen molar-refractivity contribution in [2.75, 3.05) is 23.8 Å². The number of hydrogen-bond donors (Lipinski definition) is 0. The molecule has 1 fully saturated rings. The highest BCUT2D eigenvalue weighted by Gasteiger charge is 2.34. The van der Waals surface area contributed by atoms with Gasteiger partial charge in [0.05, 0.1) is 27.5 Å². The summed E-state index contributed by atoms with van der Waals surface area (Å²) in [6.07, 6.45) is 0.533. The van der Waals surface area contributed by atoms with Crippen molar-refractivity contribution in [3.05, 3.63) is 23.2 Å². The van der Waals surface area contributed by atoms with Gasteiger partial charge in [-0.2, -0.15) is 0 Å². The summed E-state index contributed by atoms with van der Waals surface area (Å²) in [5.41, 5.74) is 0.832. The van der Waals surface area contributed by atoms with E-state index in [2.05, 4.69) is 4.98 Å². The summed E-state index contributed by atoms with van der Waals surface area (Å²) in [6.45, 7) is 4.65. The van der Waals surface area contributed by atoms with Crippen molar-refractivity contribution in [1.82, 2.24) is 9.88 Å². The molecular formula is C17H21ClN2O3S3. The van der Waals surface area contributed by atoms with Gasteiger partial charge >= 0.3 is 0 Å². The number of benzene rings is 1. The van der Waals surface area contributed by atoms with Crippen LogP contribution < -0.4 is 0 Å². The van der Waals surface area contributed by atoms with Crippen molar-refractivity contribution >= 4 is 60.7 Å². The van der Waals surface area contributed by atoms with E-state index in [1.54, 1.807) is 4.90 Å². The van der Waals surface area contributed by atoms with Crippen LogP contribution in [0, 0.1) is 5.92 Å². The van der Waals surface area contributed by atoms with Crippen molar-refractivity contribution < 1.29 is 13.2 Å². The van der Waals surface area contributed by atoms with Gasteiger partial charge in [-0.3, -0.25) is 4.79 Å². The number of amides is 1. The van der Waals surface area contributed by atoms with E-state index in [1.807, 2.05) is 32.0 Å². The molecule has 2 aromatic rings. The molecule has 2 heterocycles. The number of thiazole rings is 1. The van der Waals surface area contributed by atoms with E-state index in [-0.39, 0.29) is 35.1 Å². The van der Waals surface area contributed by atoms with Crippen molar-refractivity contribution in [1.29, 1.82) is 0 Å². The predicted molar refractivity (Wildman–Crippen MR) is 109 cm³/mol. The molecule has 1 aromatic heterocycles. The number of carbonyl (C=O) groups is 1.